The van der Waals surface area contributed by atoms with Gasteiger partial charge >= 0.3 is 5.97 Å². The molecule has 1 aromatic rings. The van der Waals surface area contributed by atoms with Crippen molar-refractivity contribution in [3.8, 4) is 0 Å². The van der Waals surface area contributed by atoms with E-state index in [9.17, 15) is 9.59 Å². The molecule has 1 aromatic heterocycles. The van der Waals surface area contributed by atoms with Crippen molar-refractivity contribution in [2.24, 2.45) is 0 Å². The monoisotopic (exact) mass is 212 g/mol. The summed E-state index contributed by atoms with van der Waals surface area (Å²) in [6, 6.07) is -0.846. The number of carboxylic acids is 1. The van der Waals surface area contributed by atoms with E-state index in [0.717, 1.165) is 0 Å². The molecule has 0 radical (unpaired) electrons. The van der Waals surface area contributed by atoms with Gasteiger partial charge in [-0.15, -0.1) is 5.10 Å². The average Bonchev–Trinajstić information content (AvgIpc) is 2.66. The minimum atomic E-state index is -1.04. The highest BCUT2D eigenvalue weighted by Gasteiger charge is 2.17. The van der Waals surface area contributed by atoms with E-state index in [1.807, 2.05) is 0 Å². The Labute approximate surface area is 86.1 Å². The molecule has 0 bridgehead atoms. The van der Waals surface area contributed by atoms with E-state index >= 15 is 0 Å². The summed E-state index contributed by atoms with van der Waals surface area (Å²) in [5, 5.41) is 18.2. The van der Waals surface area contributed by atoms with Crippen LogP contribution in [0, 0.1) is 0 Å². The molecule has 0 aliphatic heterocycles. The normalized spacial score (nSPS) is 12.1. The number of carbonyl (C=O) groups is 2. The van der Waals surface area contributed by atoms with Crippen molar-refractivity contribution in [1.29, 1.82) is 0 Å². The zero-order valence-electron chi connectivity index (χ0n) is 8.25. The third-order valence-corrected chi connectivity index (χ3v) is 1.82. The molecule has 1 heterocycles. The first-order valence-electron chi connectivity index (χ1n) is 4.49. The van der Waals surface area contributed by atoms with Gasteiger partial charge in [0.15, 0.2) is 0 Å². The first-order chi connectivity index (χ1) is 7.13. The summed E-state index contributed by atoms with van der Waals surface area (Å²) in [5.41, 5.74) is 0. The van der Waals surface area contributed by atoms with E-state index in [1.54, 1.807) is 6.92 Å². The minimum Gasteiger partial charge on any atom is -0.480 e. The van der Waals surface area contributed by atoms with Crippen molar-refractivity contribution in [3.05, 3.63) is 12.4 Å². The lowest BCUT2D eigenvalue weighted by Crippen LogP contribution is -2.41. The summed E-state index contributed by atoms with van der Waals surface area (Å²) in [4.78, 5) is 21.9. The van der Waals surface area contributed by atoms with Crippen LogP contribution in [-0.2, 0) is 16.1 Å². The van der Waals surface area contributed by atoms with Crippen LogP contribution in [-0.4, -0.2) is 38.0 Å². The highest BCUT2D eigenvalue weighted by Crippen LogP contribution is 1.91. The molecule has 82 valence electrons. The molecular formula is C8H12N4O3. The summed E-state index contributed by atoms with van der Waals surface area (Å²) >= 11 is 0. The molecule has 15 heavy (non-hydrogen) atoms. The van der Waals surface area contributed by atoms with E-state index in [1.165, 1.54) is 17.1 Å². The topological polar surface area (TPSA) is 97.1 Å². The van der Waals surface area contributed by atoms with Gasteiger partial charge in [-0.2, -0.15) is 0 Å². The van der Waals surface area contributed by atoms with Gasteiger partial charge in [0.1, 0.15) is 12.6 Å². The Hall–Kier alpha value is -1.92. The summed E-state index contributed by atoms with van der Waals surface area (Å²) in [6.07, 6.45) is 3.32. The SMILES string of the molecule is CC[C@H](NC(=O)Cn1ccnn1)C(=O)O. The highest BCUT2D eigenvalue weighted by molar-refractivity contribution is 5.83. The largest absolute Gasteiger partial charge is 0.480 e. The van der Waals surface area contributed by atoms with Crippen molar-refractivity contribution in [3.63, 3.8) is 0 Å². The lowest BCUT2D eigenvalue weighted by molar-refractivity contribution is -0.142. The predicted molar refractivity (Wildman–Crippen MR) is 49.9 cm³/mol. The lowest BCUT2D eigenvalue weighted by Gasteiger charge is -2.11. The van der Waals surface area contributed by atoms with E-state index < -0.39 is 17.9 Å². The Morgan fingerprint density at radius 1 is 1.60 bits per heavy atom. The first kappa shape index (κ1) is 11.2. The van der Waals surface area contributed by atoms with Crippen LogP contribution in [0.4, 0.5) is 0 Å². The predicted octanol–water partition coefficient (Wildman–Crippen LogP) is -0.743. The van der Waals surface area contributed by atoms with Crippen LogP contribution < -0.4 is 5.32 Å². The highest BCUT2D eigenvalue weighted by atomic mass is 16.4. The number of carboxylic acid groups (broad SMARTS) is 1. The Morgan fingerprint density at radius 3 is 2.80 bits per heavy atom. The van der Waals surface area contributed by atoms with Crippen LogP contribution in [0.5, 0.6) is 0 Å². The molecule has 0 fully saturated rings. The van der Waals surface area contributed by atoms with Gasteiger partial charge in [0.25, 0.3) is 0 Å². The standard InChI is InChI=1S/C8H12N4O3/c1-2-6(8(14)15)10-7(13)5-12-4-3-9-11-12/h3-4,6H,2,5H2,1H3,(H,10,13)(H,14,15)/t6-/m0/s1. The Bertz CT molecular complexity index is 336. The van der Waals surface area contributed by atoms with Crippen LogP contribution in [0.15, 0.2) is 12.4 Å². The number of nitrogens with zero attached hydrogens (tertiary/aromatic N) is 3. The fraction of sp³-hybridized carbons (Fsp3) is 0.500. The van der Waals surface area contributed by atoms with Crippen LogP contribution in [0.25, 0.3) is 0 Å². The van der Waals surface area contributed by atoms with Gasteiger partial charge in [-0.3, -0.25) is 4.79 Å². The van der Waals surface area contributed by atoms with Gasteiger partial charge in [-0.05, 0) is 6.42 Å². The van der Waals surface area contributed by atoms with Crippen molar-refractivity contribution >= 4 is 11.9 Å². The number of amides is 1. The summed E-state index contributed by atoms with van der Waals surface area (Å²) in [7, 11) is 0. The molecular weight excluding hydrogens is 200 g/mol. The van der Waals surface area contributed by atoms with Crippen LogP contribution >= 0.6 is 0 Å². The molecule has 7 nitrogen and oxygen atoms in total. The molecule has 0 saturated heterocycles. The van der Waals surface area contributed by atoms with Gasteiger partial charge in [0.05, 0.1) is 6.20 Å². The Morgan fingerprint density at radius 2 is 2.33 bits per heavy atom. The summed E-state index contributed by atoms with van der Waals surface area (Å²) < 4.78 is 1.32. The van der Waals surface area contributed by atoms with Crippen molar-refractivity contribution < 1.29 is 14.7 Å². The summed E-state index contributed by atoms with van der Waals surface area (Å²) in [5.74, 6) is -1.43. The first-order valence-corrected chi connectivity index (χ1v) is 4.49. The van der Waals surface area contributed by atoms with Crippen molar-refractivity contribution in [2.75, 3.05) is 0 Å². The Balaban J connectivity index is 2.45. The fourth-order valence-corrected chi connectivity index (χ4v) is 1.04. The fourth-order valence-electron chi connectivity index (χ4n) is 1.04. The van der Waals surface area contributed by atoms with Crippen LogP contribution in [0.1, 0.15) is 13.3 Å². The van der Waals surface area contributed by atoms with E-state index in [2.05, 4.69) is 15.6 Å². The maximum absolute atomic E-state index is 11.3. The number of hydrogen-bond donors (Lipinski definition) is 2. The van der Waals surface area contributed by atoms with Crippen LogP contribution in [0.3, 0.4) is 0 Å². The molecule has 0 saturated carbocycles. The van der Waals surface area contributed by atoms with Gasteiger partial charge in [-0.1, -0.05) is 12.1 Å². The quantitative estimate of drug-likeness (QED) is 0.669. The molecule has 0 unspecified atom stereocenters. The molecule has 1 amide bonds. The average molecular weight is 212 g/mol. The van der Waals surface area contributed by atoms with Gasteiger partial charge < -0.3 is 10.4 Å². The third kappa shape index (κ3) is 3.37. The molecule has 0 aliphatic rings. The number of rotatable bonds is 5. The second-order valence-corrected chi connectivity index (χ2v) is 2.97. The lowest BCUT2D eigenvalue weighted by atomic mass is 10.2. The van der Waals surface area contributed by atoms with Crippen LogP contribution in [0.2, 0.25) is 0 Å². The van der Waals surface area contributed by atoms with Crippen molar-refractivity contribution in [2.45, 2.75) is 25.9 Å². The molecule has 1 rings (SSSR count). The zero-order chi connectivity index (χ0) is 11.3. The number of aromatic nitrogens is 3. The minimum absolute atomic E-state index is 0.0240. The number of hydrogen-bond acceptors (Lipinski definition) is 4. The van der Waals surface area contributed by atoms with E-state index in [4.69, 9.17) is 5.11 Å². The number of nitrogens with one attached hydrogen (secondary N) is 1. The van der Waals surface area contributed by atoms with Gasteiger partial charge in [0, 0.05) is 6.20 Å². The third-order valence-electron chi connectivity index (χ3n) is 1.82. The maximum atomic E-state index is 11.3. The molecule has 7 heteroatoms. The molecule has 0 aliphatic carbocycles. The second-order valence-electron chi connectivity index (χ2n) is 2.97. The Kier molecular flexibility index (Phi) is 3.78. The zero-order valence-corrected chi connectivity index (χ0v) is 8.25. The summed E-state index contributed by atoms with van der Waals surface area (Å²) in [6.45, 7) is 1.66. The van der Waals surface area contributed by atoms with Crippen molar-refractivity contribution in [1.82, 2.24) is 20.3 Å². The smallest absolute Gasteiger partial charge is 0.326 e. The van der Waals surface area contributed by atoms with Gasteiger partial charge in [-0.25, -0.2) is 9.48 Å². The van der Waals surface area contributed by atoms with E-state index in [-0.39, 0.29) is 6.54 Å². The van der Waals surface area contributed by atoms with E-state index in [0.29, 0.717) is 6.42 Å². The molecule has 1 atom stereocenters. The second kappa shape index (κ2) is 5.08. The number of carbonyl (C=O) groups excluding carboxylic acids is 1. The number of aliphatic carboxylic acids is 1. The molecule has 0 spiro atoms. The maximum Gasteiger partial charge on any atom is 0.326 e. The van der Waals surface area contributed by atoms with Gasteiger partial charge in [0.2, 0.25) is 5.91 Å². The molecule has 2 N–H and O–H groups in total. The molecule has 0 aromatic carbocycles.